The van der Waals surface area contributed by atoms with Gasteiger partial charge in [0.25, 0.3) is 0 Å². The van der Waals surface area contributed by atoms with E-state index in [1.165, 1.54) is 84.9 Å². The summed E-state index contributed by atoms with van der Waals surface area (Å²) in [6, 6.07) is 27.1. The molecule has 0 N–H and O–H groups in total. The Hall–Kier alpha value is -3.69. The minimum atomic E-state index is 0.994. The lowest BCUT2D eigenvalue weighted by atomic mass is 9.99. The SMILES string of the molecule is CCCCCCc1cc(C)c(-n2cc(-c3cc(C)cc(C)c3)nc2-c2ccc3sc4ccccc4c3c2)c(C)c1. The fraction of sp³-hybridized carbons (Fsp3) is 0.270. The van der Waals surface area contributed by atoms with Crippen LogP contribution in [0.25, 0.3) is 48.5 Å². The molecule has 0 saturated carbocycles. The Bertz CT molecular complexity index is 1790. The first-order valence-electron chi connectivity index (χ1n) is 14.6. The zero-order valence-corrected chi connectivity index (χ0v) is 25.2. The van der Waals surface area contributed by atoms with Gasteiger partial charge in [0.15, 0.2) is 0 Å². The number of imidazole rings is 1. The van der Waals surface area contributed by atoms with Gasteiger partial charge in [0.2, 0.25) is 0 Å². The number of hydrogen-bond donors (Lipinski definition) is 0. The van der Waals surface area contributed by atoms with E-state index in [1.807, 2.05) is 11.3 Å². The number of unbranched alkanes of at least 4 members (excludes halogenated alkanes) is 3. The lowest BCUT2D eigenvalue weighted by molar-refractivity contribution is 0.666. The minimum Gasteiger partial charge on any atom is -0.299 e. The lowest BCUT2D eigenvalue weighted by Crippen LogP contribution is -2.03. The van der Waals surface area contributed by atoms with Crippen LogP contribution >= 0.6 is 11.3 Å². The van der Waals surface area contributed by atoms with Crippen LogP contribution in [-0.2, 0) is 6.42 Å². The van der Waals surface area contributed by atoms with E-state index in [4.69, 9.17) is 4.98 Å². The van der Waals surface area contributed by atoms with Crippen molar-refractivity contribution >= 4 is 31.5 Å². The zero-order valence-electron chi connectivity index (χ0n) is 24.3. The third-order valence-corrected chi connectivity index (χ3v) is 9.12. The van der Waals surface area contributed by atoms with E-state index in [0.29, 0.717) is 0 Å². The van der Waals surface area contributed by atoms with Crippen molar-refractivity contribution in [3.8, 4) is 28.3 Å². The van der Waals surface area contributed by atoms with E-state index >= 15 is 0 Å². The number of benzene rings is 4. The van der Waals surface area contributed by atoms with E-state index in [0.717, 1.165) is 23.5 Å². The Morgan fingerprint density at radius 2 is 1.43 bits per heavy atom. The number of thiophene rings is 1. The first-order valence-corrected chi connectivity index (χ1v) is 15.4. The summed E-state index contributed by atoms with van der Waals surface area (Å²) in [5.41, 5.74) is 11.1. The molecule has 2 heterocycles. The van der Waals surface area contributed by atoms with Crippen LogP contribution in [0.2, 0.25) is 0 Å². The van der Waals surface area contributed by atoms with Crippen molar-refractivity contribution in [1.29, 1.82) is 0 Å². The molecule has 0 amide bonds. The monoisotopic (exact) mass is 542 g/mol. The molecule has 0 fully saturated rings. The molecule has 40 heavy (non-hydrogen) atoms. The van der Waals surface area contributed by atoms with Crippen molar-refractivity contribution in [1.82, 2.24) is 9.55 Å². The maximum atomic E-state index is 5.32. The van der Waals surface area contributed by atoms with E-state index < -0.39 is 0 Å². The Labute approximate surface area is 242 Å². The maximum absolute atomic E-state index is 5.32. The molecule has 0 aliphatic carbocycles. The quantitative estimate of drug-likeness (QED) is 0.175. The molecule has 0 atom stereocenters. The molecule has 202 valence electrons. The van der Waals surface area contributed by atoms with Crippen LogP contribution in [-0.4, -0.2) is 9.55 Å². The van der Waals surface area contributed by atoms with E-state index in [2.05, 4.69) is 118 Å². The summed E-state index contributed by atoms with van der Waals surface area (Å²) in [6.07, 6.45) is 8.55. The zero-order chi connectivity index (χ0) is 27.8. The van der Waals surface area contributed by atoms with E-state index in [-0.39, 0.29) is 0 Å². The Morgan fingerprint density at radius 1 is 0.700 bits per heavy atom. The third-order valence-electron chi connectivity index (χ3n) is 7.97. The summed E-state index contributed by atoms with van der Waals surface area (Å²) in [7, 11) is 0. The van der Waals surface area contributed by atoms with Crippen molar-refractivity contribution in [3.63, 3.8) is 0 Å². The second-order valence-corrected chi connectivity index (χ2v) is 12.5. The molecule has 6 aromatic rings. The second-order valence-electron chi connectivity index (χ2n) is 11.4. The van der Waals surface area contributed by atoms with Crippen molar-refractivity contribution in [3.05, 3.63) is 107 Å². The molecule has 0 aliphatic rings. The average molecular weight is 543 g/mol. The molecule has 6 rings (SSSR count). The average Bonchev–Trinajstić information content (AvgIpc) is 3.52. The van der Waals surface area contributed by atoms with Crippen molar-refractivity contribution < 1.29 is 0 Å². The Morgan fingerprint density at radius 3 is 2.17 bits per heavy atom. The molecule has 0 spiro atoms. The highest BCUT2D eigenvalue weighted by Crippen LogP contribution is 2.38. The molecular weight excluding hydrogens is 504 g/mol. The fourth-order valence-corrected chi connectivity index (χ4v) is 7.29. The van der Waals surface area contributed by atoms with Gasteiger partial charge in [0.05, 0.1) is 11.4 Å². The molecule has 2 aromatic heterocycles. The topological polar surface area (TPSA) is 17.8 Å². The summed E-state index contributed by atoms with van der Waals surface area (Å²) >= 11 is 1.86. The van der Waals surface area contributed by atoms with E-state index in [9.17, 15) is 0 Å². The van der Waals surface area contributed by atoms with Crippen molar-refractivity contribution in [2.24, 2.45) is 0 Å². The maximum Gasteiger partial charge on any atom is 0.145 e. The van der Waals surface area contributed by atoms with Gasteiger partial charge in [0, 0.05) is 37.5 Å². The van der Waals surface area contributed by atoms with Gasteiger partial charge in [-0.15, -0.1) is 11.3 Å². The van der Waals surface area contributed by atoms with Crippen LogP contribution in [0.4, 0.5) is 0 Å². The van der Waals surface area contributed by atoms with Crippen LogP contribution < -0.4 is 0 Å². The number of aryl methyl sites for hydroxylation is 5. The summed E-state index contributed by atoms with van der Waals surface area (Å²) in [6.45, 7) is 11.1. The van der Waals surface area contributed by atoms with Gasteiger partial charge in [-0.1, -0.05) is 73.7 Å². The molecule has 0 aliphatic heterocycles. The number of nitrogens with zero attached hydrogens (tertiary/aromatic N) is 2. The first-order chi connectivity index (χ1) is 19.4. The minimum absolute atomic E-state index is 0.994. The normalized spacial score (nSPS) is 11.6. The van der Waals surface area contributed by atoms with Gasteiger partial charge >= 0.3 is 0 Å². The van der Waals surface area contributed by atoms with Crippen molar-refractivity contribution in [2.45, 2.75) is 66.7 Å². The molecule has 0 radical (unpaired) electrons. The number of fused-ring (bicyclic) bond motifs is 3. The Balaban J connectivity index is 1.51. The van der Waals surface area contributed by atoms with Gasteiger partial charge < -0.3 is 0 Å². The molecule has 2 nitrogen and oxygen atoms in total. The summed E-state index contributed by atoms with van der Waals surface area (Å²) in [5.74, 6) is 0.994. The molecule has 4 aromatic carbocycles. The van der Waals surface area contributed by atoms with E-state index in [1.54, 1.807) is 0 Å². The standard InChI is InChI=1S/C37H38N2S/c1-6-7-8-9-12-28-20-26(4)36(27(5)21-28)39-23-33(30-18-24(2)17-25(3)19-30)38-37(39)29-15-16-35-32(22-29)31-13-10-11-14-34(31)40-35/h10-11,13-23H,6-9,12H2,1-5H3. The first kappa shape index (κ1) is 26.5. The fourth-order valence-electron chi connectivity index (χ4n) is 6.21. The predicted molar refractivity (Wildman–Crippen MR) is 174 cm³/mol. The highest BCUT2D eigenvalue weighted by Gasteiger charge is 2.18. The molecular formula is C37H38N2S. The Kier molecular flexibility index (Phi) is 7.33. The van der Waals surface area contributed by atoms with Crippen LogP contribution in [0.1, 0.15) is 60.4 Å². The number of aromatic nitrogens is 2. The highest BCUT2D eigenvalue weighted by atomic mass is 32.1. The summed E-state index contributed by atoms with van der Waals surface area (Å²) < 4.78 is 4.99. The molecule has 0 unspecified atom stereocenters. The third kappa shape index (κ3) is 5.11. The van der Waals surface area contributed by atoms with Crippen LogP contribution in [0.15, 0.2) is 79.0 Å². The molecule has 3 heteroatoms. The van der Waals surface area contributed by atoms with Gasteiger partial charge in [-0.25, -0.2) is 4.98 Å². The number of rotatable bonds is 8. The second kappa shape index (κ2) is 11.1. The smallest absolute Gasteiger partial charge is 0.145 e. The largest absolute Gasteiger partial charge is 0.299 e. The molecule has 0 saturated heterocycles. The van der Waals surface area contributed by atoms with Gasteiger partial charge in [-0.05, 0) is 93.6 Å². The lowest BCUT2D eigenvalue weighted by Gasteiger charge is -2.16. The van der Waals surface area contributed by atoms with Gasteiger partial charge in [-0.2, -0.15) is 0 Å². The van der Waals surface area contributed by atoms with Crippen LogP contribution in [0, 0.1) is 27.7 Å². The van der Waals surface area contributed by atoms with Crippen molar-refractivity contribution in [2.75, 3.05) is 0 Å². The number of hydrogen-bond acceptors (Lipinski definition) is 2. The van der Waals surface area contributed by atoms with Crippen LogP contribution in [0.5, 0.6) is 0 Å². The van der Waals surface area contributed by atoms with Gasteiger partial charge in [-0.3, -0.25) is 4.57 Å². The summed E-state index contributed by atoms with van der Waals surface area (Å²) in [5, 5.41) is 2.62. The highest BCUT2D eigenvalue weighted by molar-refractivity contribution is 7.25. The predicted octanol–water partition coefficient (Wildman–Crippen LogP) is 10.9. The van der Waals surface area contributed by atoms with Crippen LogP contribution in [0.3, 0.4) is 0 Å². The summed E-state index contributed by atoms with van der Waals surface area (Å²) in [4.78, 5) is 5.32. The molecule has 0 bridgehead atoms. The van der Waals surface area contributed by atoms with Gasteiger partial charge in [0.1, 0.15) is 5.82 Å².